The molecule has 158 valence electrons. The number of fused-ring (bicyclic) bond motifs is 1. The van der Waals surface area contributed by atoms with Gasteiger partial charge in [-0.25, -0.2) is 9.79 Å². The topological polar surface area (TPSA) is 57.1 Å². The molecule has 0 radical (unpaired) electrons. The molecule has 2 heterocycles. The van der Waals surface area contributed by atoms with Crippen LogP contribution in [0.3, 0.4) is 0 Å². The molecule has 0 spiro atoms. The Kier molecular flexibility index (Phi) is 5.22. The summed E-state index contributed by atoms with van der Waals surface area (Å²) in [4.78, 5) is 17.3. The Balaban J connectivity index is 1.75. The number of amides is 2. The van der Waals surface area contributed by atoms with E-state index in [-0.39, 0.29) is 5.84 Å². The van der Waals surface area contributed by atoms with Crippen LogP contribution in [-0.4, -0.2) is 28.8 Å². The van der Waals surface area contributed by atoms with Crippen molar-refractivity contribution in [1.82, 2.24) is 10.3 Å². The minimum absolute atomic E-state index is 0.192. The van der Waals surface area contributed by atoms with Crippen molar-refractivity contribution in [3.63, 3.8) is 0 Å². The minimum Gasteiger partial charge on any atom is -0.290 e. The Morgan fingerprint density at radius 1 is 0.935 bits per heavy atom. The summed E-state index contributed by atoms with van der Waals surface area (Å²) in [7, 11) is 0. The normalized spacial score (nSPS) is 18.9. The number of hydrazone groups is 1. The first kappa shape index (κ1) is 20.6. The maximum absolute atomic E-state index is 12.9. The Hall–Kier alpha value is -3.68. The average molecular weight is 424 g/mol. The number of rotatable bonds is 2. The van der Waals surface area contributed by atoms with Crippen molar-refractivity contribution < 1.29 is 18.0 Å². The van der Waals surface area contributed by atoms with E-state index in [4.69, 9.17) is 0 Å². The van der Waals surface area contributed by atoms with Crippen LogP contribution in [0.5, 0.6) is 0 Å². The number of nitrogens with one attached hydrogen (secondary N) is 1. The number of nitrogens with zero attached hydrogens (tertiary/aromatic N) is 3. The van der Waals surface area contributed by atoms with Gasteiger partial charge in [-0.15, -0.1) is 0 Å². The van der Waals surface area contributed by atoms with E-state index in [2.05, 4.69) is 15.4 Å². The number of allylic oxidation sites excluding steroid dienone is 3. The molecule has 31 heavy (non-hydrogen) atoms. The molecule has 0 aromatic heterocycles. The maximum atomic E-state index is 12.9. The highest BCUT2D eigenvalue weighted by Gasteiger charge is 2.32. The number of amidine groups is 1. The van der Waals surface area contributed by atoms with Gasteiger partial charge in [0.15, 0.2) is 6.17 Å². The van der Waals surface area contributed by atoms with Crippen LogP contribution in [0.1, 0.15) is 29.2 Å². The van der Waals surface area contributed by atoms with Gasteiger partial charge in [-0.2, -0.15) is 23.3 Å². The summed E-state index contributed by atoms with van der Waals surface area (Å²) in [6, 6.07) is 11.9. The fourth-order valence-electron chi connectivity index (χ4n) is 3.24. The molecule has 2 amide bonds. The molecule has 2 aliphatic rings. The molecule has 1 unspecified atom stereocenters. The fraction of sp³-hybridized carbons (Fsp3) is 0.174. The van der Waals surface area contributed by atoms with E-state index in [0.29, 0.717) is 11.3 Å². The lowest BCUT2D eigenvalue weighted by Gasteiger charge is -2.30. The van der Waals surface area contributed by atoms with Gasteiger partial charge in [0.2, 0.25) is 0 Å². The molecular weight excluding hydrogens is 405 g/mol. The number of hydrogen-bond donors (Lipinski definition) is 1. The number of benzene rings is 2. The number of aryl methyl sites for hydroxylation is 1. The number of urea groups is 1. The first-order valence-corrected chi connectivity index (χ1v) is 9.58. The molecule has 8 heteroatoms. The van der Waals surface area contributed by atoms with E-state index < -0.39 is 23.9 Å². The van der Waals surface area contributed by atoms with Gasteiger partial charge in [0.05, 0.1) is 11.3 Å². The first-order chi connectivity index (χ1) is 14.7. The van der Waals surface area contributed by atoms with Gasteiger partial charge in [-0.3, -0.25) is 5.32 Å². The molecular formula is C23H19F3N4O. The second kappa shape index (κ2) is 7.86. The molecule has 0 bridgehead atoms. The second-order valence-corrected chi connectivity index (χ2v) is 7.30. The molecule has 1 atom stereocenters. The maximum Gasteiger partial charge on any atom is 0.416 e. The molecule has 2 aromatic carbocycles. The number of alkyl halides is 3. The van der Waals surface area contributed by atoms with Crippen molar-refractivity contribution in [3.8, 4) is 0 Å². The lowest BCUT2D eigenvalue weighted by molar-refractivity contribution is -0.137. The van der Waals surface area contributed by atoms with Gasteiger partial charge in [0.1, 0.15) is 5.84 Å². The lowest BCUT2D eigenvalue weighted by atomic mass is 10.0. The molecule has 0 saturated carbocycles. The van der Waals surface area contributed by atoms with E-state index in [1.54, 1.807) is 13.0 Å². The second-order valence-electron chi connectivity index (χ2n) is 7.30. The Morgan fingerprint density at radius 3 is 2.23 bits per heavy atom. The predicted molar refractivity (Wildman–Crippen MR) is 114 cm³/mol. The van der Waals surface area contributed by atoms with Crippen LogP contribution in [0.25, 0.3) is 5.57 Å². The van der Waals surface area contributed by atoms with Crippen molar-refractivity contribution >= 4 is 23.2 Å². The monoisotopic (exact) mass is 424 g/mol. The Labute approximate surface area is 177 Å². The van der Waals surface area contributed by atoms with E-state index in [9.17, 15) is 18.0 Å². The summed E-state index contributed by atoms with van der Waals surface area (Å²) in [6.45, 7) is 3.77. The summed E-state index contributed by atoms with van der Waals surface area (Å²) in [5.41, 5.74) is 3.16. The molecule has 1 N–H and O–H groups in total. The third-order valence-electron chi connectivity index (χ3n) is 4.91. The predicted octanol–water partition coefficient (Wildman–Crippen LogP) is 5.14. The van der Waals surface area contributed by atoms with Gasteiger partial charge >= 0.3 is 12.2 Å². The summed E-state index contributed by atoms with van der Waals surface area (Å²) in [6.07, 6.45) is 0.337. The van der Waals surface area contributed by atoms with Crippen LogP contribution in [0, 0.1) is 6.92 Å². The van der Waals surface area contributed by atoms with Crippen LogP contribution in [0.4, 0.5) is 18.0 Å². The highest BCUT2D eigenvalue weighted by atomic mass is 19.4. The fourth-order valence-corrected chi connectivity index (χ4v) is 3.24. The van der Waals surface area contributed by atoms with Crippen LogP contribution in [-0.2, 0) is 6.18 Å². The summed E-state index contributed by atoms with van der Waals surface area (Å²) < 4.78 is 38.6. The van der Waals surface area contributed by atoms with Gasteiger partial charge in [-0.05, 0) is 49.3 Å². The van der Waals surface area contributed by atoms with E-state index in [1.165, 1.54) is 17.1 Å². The highest BCUT2D eigenvalue weighted by molar-refractivity contribution is 6.09. The molecule has 4 rings (SSSR count). The van der Waals surface area contributed by atoms with Gasteiger partial charge < -0.3 is 0 Å². The van der Waals surface area contributed by atoms with E-state index >= 15 is 0 Å². The molecule has 0 aliphatic carbocycles. The quantitative estimate of drug-likeness (QED) is 0.713. The number of hydrogen-bond acceptors (Lipinski definition) is 3. The highest BCUT2D eigenvalue weighted by Crippen LogP contribution is 2.29. The molecule has 5 nitrogen and oxygen atoms in total. The summed E-state index contributed by atoms with van der Waals surface area (Å²) in [5.74, 6) is 0.192. The van der Waals surface area contributed by atoms with Gasteiger partial charge in [0.25, 0.3) is 0 Å². The lowest BCUT2D eigenvalue weighted by Crippen LogP contribution is -2.50. The van der Waals surface area contributed by atoms with E-state index in [0.717, 1.165) is 28.8 Å². The van der Waals surface area contributed by atoms with Crippen LogP contribution in [0.15, 0.2) is 76.9 Å². The molecule has 2 aliphatic heterocycles. The van der Waals surface area contributed by atoms with Crippen molar-refractivity contribution in [2.45, 2.75) is 26.2 Å². The number of carbonyl (C=O) groups is 1. The van der Waals surface area contributed by atoms with Gasteiger partial charge in [-0.1, -0.05) is 48.0 Å². The smallest absolute Gasteiger partial charge is 0.290 e. The minimum atomic E-state index is -4.43. The summed E-state index contributed by atoms with van der Waals surface area (Å²) >= 11 is 0. The third kappa shape index (κ3) is 4.42. The number of halogens is 3. The first-order valence-electron chi connectivity index (χ1n) is 9.58. The number of aliphatic imine (C=N–C) groups is 1. The standard InChI is InChI=1S/C23H19F3N4O/c1-14-3-6-16(7-4-14)18-8-5-15(2)29-30-20(13-18)27-21(28-22(30)31)17-9-11-19(12-10-17)23(24,25)26/h3-13,20H,1-2H3,(H,27,28,31). The zero-order valence-electron chi connectivity index (χ0n) is 16.8. The van der Waals surface area contributed by atoms with Crippen molar-refractivity contribution in [1.29, 1.82) is 0 Å². The molecule has 0 fully saturated rings. The number of carbonyl (C=O) groups excluding carboxylic acids is 1. The van der Waals surface area contributed by atoms with Crippen LogP contribution >= 0.6 is 0 Å². The third-order valence-corrected chi connectivity index (χ3v) is 4.91. The molecule has 0 saturated heterocycles. The van der Waals surface area contributed by atoms with Crippen LogP contribution < -0.4 is 5.32 Å². The van der Waals surface area contributed by atoms with Crippen LogP contribution in [0.2, 0.25) is 0 Å². The summed E-state index contributed by atoms with van der Waals surface area (Å²) in [5, 5.41) is 8.15. The van der Waals surface area contributed by atoms with E-state index in [1.807, 2.05) is 43.3 Å². The van der Waals surface area contributed by atoms with Crippen molar-refractivity contribution in [2.75, 3.05) is 0 Å². The zero-order chi connectivity index (χ0) is 22.2. The van der Waals surface area contributed by atoms with Crippen molar-refractivity contribution in [2.24, 2.45) is 10.1 Å². The van der Waals surface area contributed by atoms with Crippen molar-refractivity contribution in [3.05, 3.63) is 89.0 Å². The Bertz CT molecular complexity index is 1130. The largest absolute Gasteiger partial charge is 0.416 e. The Morgan fingerprint density at radius 2 is 1.58 bits per heavy atom. The SMILES string of the molecule is CC1=NN2C(=O)NC(c3ccc(C(F)(F)F)cc3)=NC2C=C(c2ccc(C)cc2)C=C1. The average Bonchev–Trinajstić information content (AvgIpc) is 2.72. The molecule has 2 aromatic rings. The zero-order valence-corrected chi connectivity index (χ0v) is 16.8. The van der Waals surface area contributed by atoms with Gasteiger partial charge in [0, 0.05) is 5.56 Å².